The Bertz CT molecular complexity index is 617. The Morgan fingerprint density at radius 2 is 2.05 bits per heavy atom. The van der Waals surface area contributed by atoms with Crippen LogP contribution in [0.3, 0.4) is 0 Å². The van der Waals surface area contributed by atoms with Gasteiger partial charge in [-0.05, 0) is 18.2 Å². The Hall–Kier alpha value is -1.24. The Balaban J connectivity index is 3.04. The monoisotopic (exact) mass is 336 g/mol. The van der Waals surface area contributed by atoms with Crippen LogP contribution in [0.2, 0.25) is 10.0 Å². The SMILES string of the molecule is C=CCNC(=O)CN(c1ccc(Cl)c(Cl)c1)S(C)(=O)=O. The number of nitrogens with one attached hydrogen (secondary N) is 1. The number of amides is 1. The van der Waals surface area contributed by atoms with Crippen molar-refractivity contribution in [3.05, 3.63) is 40.9 Å². The van der Waals surface area contributed by atoms with E-state index in [4.69, 9.17) is 23.2 Å². The molecule has 0 fully saturated rings. The van der Waals surface area contributed by atoms with Crippen molar-refractivity contribution >= 4 is 44.8 Å². The molecule has 0 unspecified atom stereocenters. The molecule has 0 saturated heterocycles. The molecule has 20 heavy (non-hydrogen) atoms. The molecule has 1 amide bonds. The van der Waals surface area contributed by atoms with E-state index in [0.29, 0.717) is 5.02 Å². The molecule has 0 aliphatic heterocycles. The minimum atomic E-state index is -3.62. The van der Waals surface area contributed by atoms with Gasteiger partial charge in [-0.25, -0.2) is 8.42 Å². The van der Waals surface area contributed by atoms with Crippen molar-refractivity contribution in [1.82, 2.24) is 5.32 Å². The molecule has 0 saturated carbocycles. The van der Waals surface area contributed by atoms with Crippen LogP contribution in [0.25, 0.3) is 0 Å². The van der Waals surface area contributed by atoms with E-state index in [1.807, 2.05) is 0 Å². The fourth-order valence-electron chi connectivity index (χ4n) is 1.41. The summed E-state index contributed by atoms with van der Waals surface area (Å²) < 4.78 is 24.5. The van der Waals surface area contributed by atoms with E-state index in [0.717, 1.165) is 10.6 Å². The van der Waals surface area contributed by atoms with Gasteiger partial charge in [0, 0.05) is 6.54 Å². The first-order valence-corrected chi connectivity index (χ1v) is 8.16. The van der Waals surface area contributed by atoms with E-state index in [2.05, 4.69) is 11.9 Å². The lowest BCUT2D eigenvalue weighted by Crippen LogP contribution is -2.40. The highest BCUT2D eigenvalue weighted by atomic mass is 35.5. The Morgan fingerprint density at radius 1 is 1.40 bits per heavy atom. The lowest BCUT2D eigenvalue weighted by molar-refractivity contribution is -0.119. The van der Waals surface area contributed by atoms with Gasteiger partial charge in [0.15, 0.2) is 0 Å². The van der Waals surface area contributed by atoms with E-state index in [9.17, 15) is 13.2 Å². The average Bonchev–Trinajstić information content (AvgIpc) is 2.35. The van der Waals surface area contributed by atoms with E-state index in [1.165, 1.54) is 24.3 Å². The van der Waals surface area contributed by atoms with Gasteiger partial charge in [-0.3, -0.25) is 9.10 Å². The number of anilines is 1. The van der Waals surface area contributed by atoms with Crippen LogP contribution in [0.4, 0.5) is 5.69 Å². The summed E-state index contributed by atoms with van der Waals surface area (Å²) >= 11 is 11.6. The van der Waals surface area contributed by atoms with Gasteiger partial charge < -0.3 is 5.32 Å². The highest BCUT2D eigenvalue weighted by molar-refractivity contribution is 7.92. The van der Waals surface area contributed by atoms with Gasteiger partial charge in [0.25, 0.3) is 0 Å². The fourth-order valence-corrected chi connectivity index (χ4v) is 2.55. The van der Waals surface area contributed by atoms with Crippen molar-refractivity contribution in [3.8, 4) is 0 Å². The first kappa shape index (κ1) is 16.8. The first-order valence-electron chi connectivity index (χ1n) is 5.56. The summed E-state index contributed by atoms with van der Waals surface area (Å²) in [5.74, 6) is -0.443. The molecule has 0 aliphatic rings. The molecule has 8 heteroatoms. The molecule has 0 heterocycles. The number of sulfonamides is 1. The Labute approximate surface area is 128 Å². The van der Waals surface area contributed by atoms with Crippen LogP contribution in [0, 0.1) is 0 Å². The minimum absolute atomic E-state index is 0.212. The van der Waals surface area contributed by atoms with E-state index >= 15 is 0 Å². The zero-order valence-electron chi connectivity index (χ0n) is 10.8. The second-order valence-electron chi connectivity index (χ2n) is 3.96. The zero-order valence-corrected chi connectivity index (χ0v) is 13.1. The van der Waals surface area contributed by atoms with Crippen LogP contribution in [-0.2, 0) is 14.8 Å². The number of rotatable bonds is 6. The fraction of sp³-hybridized carbons (Fsp3) is 0.250. The largest absolute Gasteiger partial charge is 0.351 e. The van der Waals surface area contributed by atoms with Crippen LogP contribution in [-0.4, -0.2) is 33.7 Å². The predicted octanol–water partition coefficient (Wildman–Crippen LogP) is 2.06. The van der Waals surface area contributed by atoms with Crippen molar-refractivity contribution < 1.29 is 13.2 Å². The lowest BCUT2D eigenvalue weighted by Gasteiger charge is -2.22. The van der Waals surface area contributed by atoms with Crippen LogP contribution in [0.1, 0.15) is 0 Å². The number of hydrogen-bond acceptors (Lipinski definition) is 3. The third kappa shape index (κ3) is 4.70. The summed E-state index contributed by atoms with van der Waals surface area (Å²) in [4.78, 5) is 11.7. The van der Waals surface area contributed by atoms with Gasteiger partial charge in [0.2, 0.25) is 15.9 Å². The number of nitrogens with zero attached hydrogens (tertiary/aromatic N) is 1. The van der Waals surface area contributed by atoms with Crippen LogP contribution >= 0.6 is 23.2 Å². The van der Waals surface area contributed by atoms with E-state index in [1.54, 1.807) is 0 Å². The average molecular weight is 337 g/mol. The van der Waals surface area contributed by atoms with Gasteiger partial charge in [0.1, 0.15) is 6.54 Å². The van der Waals surface area contributed by atoms with Crippen molar-refractivity contribution in [2.45, 2.75) is 0 Å². The van der Waals surface area contributed by atoms with Gasteiger partial charge in [-0.1, -0.05) is 29.3 Å². The summed E-state index contributed by atoms with van der Waals surface area (Å²) in [5, 5.41) is 3.03. The summed E-state index contributed by atoms with van der Waals surface area (Å²) in [6.45, 7) is 3.38. The summed E-state index contributed by atoms with van der Waals surface area (Å²) in [6.07, 6.45) is 2.51. The number of benzene rings is 1. The minimum Gasteiger partial charge on any atom is -0.351 e. The van der Waals surface area contributed by atoms with Gasteiger partial charge in [-0.15, -0.1) is 6.58 Å². The second-order valence-corrected chi connectivity index (χ2v) is 6.68. The normalized spacial score (nSPS) is 10.9. The predicted molar refractivity (Wildman–Crippen MR) is 81.9 cm³/mol. The molecule has 1 N–H and O–H groups in total. The van der Waals surface area contributed by atoms with Gasteiger partial charge >= 0.3 is 0 Å². The Kier molecular flexibility index (Phi) is 5.86. The van der Waals surface area contributed by atoms with Crippen LogP contribution in [0.15, 0.2) is 30.9 Å². The van der Waals surface area contributed by atoms with Gasteiger partial charge in [-0.2, -0.15) is 0 Å². The van der Waals surface area contributed by atoms with Gasteiger partial charge in [0.05, 0.1) is 22.0 Å². The summed E-state index contributed by atoms with van der Waals surface area (Å²) in [5.41, 5.74) is 0.274. The quantitative estimate of drug-likeness (QED) is 0.808. The van der Waals surface area contributed by atoms with Crippen LogP contribution in [0.5, 0.6) is 0 Å². The van der Waals surface area contributed by atoms with Crippen molar-refractivity contribution in [2.24, 2.45) is 0 Å². The van der Waals surface area contributed by atoms with Crippen molar-refractivity contribution in [3.63, 3.8) is 0 Å². The van der Waals surface area contributed by atoms with E-state index < -0.39 is 15.9 Å². The van der Waals surface area contributed by atoms with Crippen molar-refractivity contribution in [2.75, 3.05) is 23.7 Å². The number of carbonyl (C=O) groups is 1. The van der Waals surface area contributed by atoms with E-state index in [-0.39, 0.29) is 23.8 Å². The van der Waals surface area contributed by atoms with Crippen molar-refractivity contribution in [1.29, 1.82) is 0 Å². The molecule has 5 nitrogen and oxygen atoms in total. The number of hydrogen-bond donors (Lipinski definition) is 1. The third-order valence-electron chi connectivity index (χ3n) is 2.32. The molecule has 110 valence electrons. The highest BCUT2D eigenvalue weighted by Gasteiger charge is 2.21. The smallest absolute Gasteiger partial charge is 0.241 e. The maximum absolute atomic E-state index is 11.8. The molecule has 0 aromatic heterocycles. The summed E-state index contributed by atoms with van der Waals surface area (Å²) in [6, 6.07) is 4.35. The molecular formula is C12H14Cl2N2O3S. The molecule has 0 atom stereocenters. The number of carbonyl (C=O) groups excluding carboxylic acids is 1. The standard InChI is InChI=1S/C12H14Cl2N2O3S/c1-3-6-15-12(17)8-16(20(2,18)19)9-4-5-10(13)11(14)7-9/h3-5,7H,1,6,8H2,2H3,(H,15,17). The summed E-state index contributed by atoms with van der Waals surface area (Å²) in [7, 11) is -3.62. The second kappa shape index (κ2) is 6.97. The molecule has 0 radical (unpaired) electrons. The molecule has 0 aliphatic carbocycles. The molecule has 1 aromatic rings. The maximum atomic E-state index is 11.8. The third-order valence-corrected chi connectivity index (χ3v) is 4.20. The number of halogens is 2. The molecular weight excluding hydrogens is 323 g/mol. The topological polar surface area (TPSA) is 66.5 Å². The molecule has 0 bridgehead atoms. The van der Waals surface area contributed by atoms with Crippen LogP contribution < -0.4 is 9.62 Å². The molecule has 1 aromatic carbocycles. The lowest BCUT2D eigenvalue weighted by atomic mass is 10.3. The molecule has 1 rings (SSSR count). The Morgan fingerprint density at radius 3 is 2.55 bits per heavy atom. The first-order chi connectivity index (χ1) is 9.25. The zero-order chi connectivity index (χ0) is 15.3. The maximum Gasteiger partial charge on any atom is 0.241 e. The highest BCUT2D eigenvalue weighted by Crippen LogP contribution is 2.28. The molecule has 0 spiro atoms.